The molecular weight excluding hydrogens is 340 g/mol. The van der Waals surface area contributed by atoms with Crippen LogP contribution in [-0.4, -0.2) is 32.9 Å². The zero-order chi connectivity index (χ0) is 14.5. The van der Waals surface area contributed by atoms with E-state index >= 15 is 0 Å². The van der Waals surface area contributed by atoms with E-state index in [0.717, 1.165) is 10.0 Å². The molecule has 0 aliphatic heterocycles. The van der Waals surface area contributed by atoms with Gasteiger partial charge < -0.3 is 5.32 Å². The normalized spacial score (nSPS) is 10.8. The van der Waals surface area contributed by atoms with Gasteiger partial charge in [-0.3, -0.25) is 9.89 Å². The molecule has 1 aromatic carbocycles. The predicted molar refractivity (Wildman–Crippen MR) is 83.5 cm³/mol. The molecule has 2 N–H and O–H groups in total. The van der Waals surface area contributed by atoms with Gasteiger partial charge in [0.05, 0.1) is 5.75 Å². The molecule has 5 nitrogen and oxygen atoms in total. The number of amides is 1. The van der Waals surface area contributed by atoms with Crippen LogP contribution in [0.25, 0.3) is 11.4 Å². The Morgan fingerprint density at radius 1 is 1.45 bits per heavy atom. The Morgan fingerprint density at radius 2 is 2.20 bits per heavy atom. The molecule has 106 valence electrons. The van der Waals surface area contributed by atoms with Crippen molar-refractivity contribution in [1.29, 1.82) is 0 Å². The lowest BCUT2D eigenvalue weighted by Gasteiger charge is -2.06. The van der Waals surface area contributed by atoms with Gasteiger partial charge in [0.1, 0.15) is 0 Å². The maximum atomic E-state index is 11.6. The first kappa shape index (κ1) is 15.1. The van der Waals surface area contributed by atoms with E-state index in [1.54, 1.807) is 0 Å². The molecule has 0 atom stereocenters. The van der Waals surface area contributed by atoms with Gasteiger partial charge in [-0.2, -0.15) is 0 Å². The Bertz CT molecular complexity index is 600. The number of hydrogen-bond acceptors (Lipinski definition) is 4. The summed E-state index contributed by atoms with van der Waals surface area (Å²) < 4.78 is 0.949. The van der Waals surface area contributed by atoms with Gasteiger partial charge in [0.15, 0.2) is 5.82 Å². The van der Waals surface area contributed by atoms with Gasteiger partial charge in [-0.25, -0.2) is 4.98 Å². The molecule has 0 aliphatic rings. The summed E-state index contributed by atoms with van der Waals surface area (Å²) in [6.07, 6.45) is 0. The van der Waals surface area contributed by atoms with E-state index in [-0.39, 0.29) is 11.9 Å². The molecule has 7 heteroatoms. The van der Waals surface area contributed by atoms with Crippen LogP contribution in [0.4, 0.5) is 0 Å². The number of halogens is 1. The third-order valence-corrected chi connectivity index (χ3v) is 3.91. The van der Waals surface area contributed by atoms with Gasteiger partial charge in [0, 0.05) is 16.1 Å². The molecule has 0 bridgehead atoms. The minimum absolute atomic E-state index is 0.0164. The standard InChI is InChI=1S/C13H15BrN4OS/c1-8(2)15-11(19)7-20-13-16-12(17-18-13)9-5-3-4-6-10(9)14/h3-6,8H,7H2,1-2H3,(H,15,19)(H,16,17,18). The topological polar surface area (TPSA) is 70.7 Å². The van der Waals surface area contributed by atoms with Crippen LogP contribution in [0, 0.1) is 0 Å². The Balaban J connectivity index is 2.00. The van der Waals surface area contributed by atoms with Crippen molar-refractivity contribution < 1.29 is 4.79 Å². The number of carbonyl (C=O) groups excluding carboxylic acids is 1. The number of thioether (sulfide) groups is 1. The van der Waals surface area contributed by atoms with Crippen molar-refractivity contribution >= 4 is 33.6 Å². The number of nitrogens with one attached hydrogen (secondary N) is 2. The number of carbonyl (C=O) groups is 1. The molecule has 2 rings (SSSR count). The first-order chi connectivity index (χ1) is 9.56. The highest BCUT2D eigenvalue weighted by Crippen LogP contribution is 2.26. The van der Waals surface area contributed by atoms with Gasteiger partial charge in [-0.1, -0.05) is 45.9 Å². The number of benzene rings is 1. The largest absolute Gasteiger partial charge is 0.353 e. The molecule has 0 fully saturated rings. The summed E-state index contributed by atoms with van der Waals surface area (Å²) in [6.45, 7) is 3.86. The fourth-order valence-electron chi connectivity index (χ4n) is 1.58. The number of nitrogens with zero attached hydrogens (tertiary/aromatic N) is 2. The SMILES string of the molecule is CC(C)NC(=O)CSc1n[nH]c(-c2ccccc2Br)n1. The summed E-state index contributed by atoms with van der Waals surface area (Å²) in [5, 5.41) is 10.4. The molecule has 0 saturated carbocycles. The summed E-state index contributed by atoms with van der Waals surface area (Å²) in [4.78, 5) is 15.9. The molecule has 20 heavy (non-hydrogen) atoms. The maximum absolute atomic E-state index is 11.6. The van der Waals surface area contributed by atoms with Crippen molar-refractivity contribution in [2.24, 2.45) is 0 Å². The lowest BCUT2D eigenvalue weighted by atomic mass is 10.2. The van der Waals surface area contributed by atoms with Gasteiger partial charge in [-0.15, -0.1) is 5.10 Å². The molecule has 0 unspecified atom stereocenters. The molecule has 0 radical (unpaired) electrons. The smallest absolute Gasteiger partial charge is 0.230 e. The fourth-order valence-corrected chi connectivity index (χ4v) is 2.66. The first-order valence-electron chi connectivity index (χ1n) is 6.15. The Labute approximate surface area is 130 Å². The van der Waals surface area contributed by atoms with Crippen molar-refractivity contribution in [1.82, 2.24) is 20.5 Å². The minimum Gasteiger partial charge on any atom is -0.353 e. The monoisotopic (exact) mass is 354 g/mol. The fraction of sp³-hybridized carbons (Fsp3) is 0.308. The number of hydrogen-bond donors (Lipinski definition) is 2. The Morgan fingerprint density at radius 3 is 2.90 bits per heavy atom. The minimum atomic E-state index is -0.0164. The summed E-state index contributed by atoms with van der Waals surface area (Å²) in [5.41, 5.74) is 0.943. The van der Waals surface area contributed by atoms with Crippen molar-refractivity contribution in [3.05, 3.63) is 28.7 Å². The first-order valence-corrected chi connectivity index (χ1v) is 7.93. The van der Waals surface area contributed by atoms with Crippen molar-refractivity contribution in [2.45, 2.75) is 25.0 Å². The van der Waals surface area contributed by atoms with Gasteiger partial charge in [0.25, 0.3) is 0 Å². The van der Waals surface area contributed by atoms with Crippen LogP contribution in [-0.2, 0) is 4.79 Å². The number of H-pyrrole nitrogens is 1. The highest BCUT2D eigenvalue weighted by atomic mass is 79.9. The Kier molecular flexibility index (Phi) is 5.19. The molecule has 0 spiro atoms. The van der Waals surface area contributed by atoms with Crippen LogP contribution < -0.4 is 5.32 Å². The van der Waals surface area contributed by atoms with Crippen molar-refractivity contribution in [3.63, 3.8) is 0 Å². The second-order valence-electron chi connectivity index (χ2n) is 4.46. The van der Waals surface area contributed by atoms with Crippen LogP contribution in [0.2, 0.25) is 0 Å². The second-order valence-corrected chi connectivity index (χ2v) is 6.25. The quantitative estimate of drug-likeness (QED) is 0.810. The average molecular weight is 355 g/mol. The van der Waals surface area contributed by atoms with E-state index in [9.17, 15) is 4.79 Å². The highest BCUT2D eigenvalue weighted by Gasteiger charge is 2.11. The van der Waals surface area contributed by atoms with Crippen LogP contribution in [0.5, 0.6) is 0 Å². The predicted octanol–water partition coefficient (Wildman–Crippen LogP) is 2.85. The molecule has 2 aromatic rings. The summed E-state index contributed by atoms with van der Waals surface area (Å²) in [7, 11) is 0. The summed E-state index contributed by atoms with van der Waals surface area (Å²) in [5.74, 6) is 0.979. The van der Waals surface area contributed by atoms with E-state index in [0.29, 0.717) is 16.7 Å². The van der Waals surface area contributed by atoms with Gasteiger partial charge >= 0.3 is 0 Å². The van der Waals surface area contributed by atoms with E-state index in [1.165, 1.54) is 11.8 Å². The van der Waals surface area contributed by atoms with Crippen LogP contribution in [0.1, 0.15) is 13.8 Å². The Hall–Kier alpha value is -1.34. The summed E-state index contributed by atoms with van der Waals surface area (Å²) in [6, 6.07) is 7.91. The number of aromatic nitrogens is 3. The third-order valence-electron chi connectivity index (χ3n) is 2.38. The molecule has 0 aliphatic carbocycles. The number of rotatable bonds is 5. The van der Waals surface area contributed by atoms with Crippen molar-refractivity contribution in [3.8, 4) is 11.4 Å². The van der Waals surface area contributed by atoms with E-state index in [2.05, 4.69) is 36.4 Å². The lowest BCUT2D eigenvalue weighted by molar-refractivity contribution is -0.119. The molecule has 0 saturated heterocycles. The zero-order valence-electron chi connectivity index (χ0n) is 11.2. The van der Waals surface area contributed by atoms with Gasteiger partial charge in [-0.05, 0) is 19.9 Å². The lowest BCUT2D eigenvalue weighted by Crippen LogP contribution is -2.31. The van der Waals surface area contributed by atoms with Crippen LogP contribution in [0.15, 0.2) is 33.9 Å². The number of aromatic amines is 1. The molecule has 1 heterocycles. The maximum Gasteiger partial charge on any atom is 0.230 e. The molecular formula is C13H15BrN4OS. The highest BCUT2D eigenvalue weighted by molar-refractivity contribution is 9.10. The van der Waals surface area contributed by atoms with Crippen molar-refractivity contribution in [2.75, 3.05) is 5.75 Å². The van der Waals surface area contributed by atoms with E-state index in [1.807, 2.05) is 38.1 Å². The molecule has 1 aromatic heterocycles. The zero-order valence-corrected chi connectivity index (χ0v) is 13.6. The van der Waals surface area contributed by atoms with Crippen LogP contribution in [0.3, 0.4) is 0 Å². The van der Waals surface area contributed by atoms with E-state index in [4.69, 9.17) is 0 Å². The van der Waals surface area contributed by atoms with Crippen LogP contribution >= 0.6 is 27.7 Å². The second kappa shape index (κ2) is 6.90. The van der Waals surface area contributed by atoms with E-state index < -0.39 is 0 Å². The third kappa shape index (κ3) is 4.08. The van der Waals surface area contributed by atoms with Gasteiger partial charge in [0.2, 0.25) is 11.1 Å². The molecule has 1 amide bonds. The average Bonchev–Trinajstić information content (AvgIpc) is 2.85. The summed E-state index contributed by atoms with van der Waals surface area (Å²) >= 11 is 4.78.